The van der Waals surface area contributed by atoms with Gasteiger partial charge in [-0.15, -0.1) is 0 Å². The van der Waals surface area contributed by atoms with Gasteiger partial charge < -0.3 is 5.73 Å². The van der Waals surface area contributed by atoms with Crippen LogP contribution in [0.4, 0.5) is 0 Å². The van der Waals surface area contributed by atoms with Crippen LogP contribution in [0.5, 0.6) is 0 Å². The number of aryl methyl sites for hydroxylation is 2. The van der Waals surface area contributed by atoms with Crippen LogP contribution >= 0.6 is 0 Å². The third-order valence-electron chi connectivity index (χ3n) is 3.39. The smallest absolute Gasteiger partial charge is 0.268 e. The van der Waals surface area contributed by atoms with Gasteiger partial charge in [0.2, 0.25) is 0 Å². The molecular formula is C17H16N4O. The van der Waals surface area contributed by atoms with E-state index >= 15 is 0 Å². The highest BCUT2D eigenvalue weighted by molar-refractivity contribution is 5.97. The lowest BCUT2D eigenvalue weighted by atomic mass is 10.1. The third kappa shape index (κ3) is 2.48. The van der Waals surface area contributed by atoms with E-state index in [1.807, 2.05) is 54.9 Å². The molecule has 0 aliphatic heterocycles. The topological polar surface area (TPSA) is 73.8 Å². The fraction of sp³-hybridized carbons (Fsp3) is 0.118. The standard InChI is InChI=1S/C17H16N4O/c1-11-5-3-6-13(9-11)21-15(10-12(2)20-21)14-7-4-8-19-16(14)17(18)22/h3-10H,1-2H3,(H2,18,22). The van der Waals surface area contributed by atoms with E-state index in [9.17, 15) is 4.79 Å². The number of carbonyl (C=O) groups excluding carboxylic acids is 1. The summed E-state index contributed by atoms with van der Waals surface area (Å²) in [4.78, 5) is 15.7. The van der Waals surface area contributed by atoms with Crippen LogP contribution in [0.2, 0.25) is 0 Å². The van der Waals surface area contributed by atoms with Gasteiger partial charge in [-0.3, -0.25) is 9.78 Å². The molecule has 0 atom stereocenters. The van der Waals surface area contributed by atoms with Gasteiger partial charge in [-0.25, -0.2) is 4.68 Å². The van der Waals surface area contributed by atoms with Gasteiger partial charge in [0.15, 0.2) is 0 Å². The molecule has 2 heterocycles. The number of amides is 1. The Bertz CT molecular complexity index is 851. The molecule has 1 aromatic carbocycles. The Kier molecular flexibility index (Phi) is 3.47. The Morgan fingerprint density at radius 3 is 2.68 bits per heavy atom. The zero-order chi connectivity index (χ0) is 15.7. The fourth-order valence-electron chi connectivity index (χ4n) is 2.46. The molecule has 0 saturated carbocycles. The monoisotopic (exact) mass is 292 g/mol. The molecule has 22 heavy (non-hydrogen) atoms. The summed E-state index contributed by atoms with van der Waals surface area (Å²) < 4.78 is 1.81. The number of carbonyl (C=O) groups is 1. The largest absolute Gasteiger partial charge is 0.364 e. The number of aromatic nitrogens is 3. The molecule has 110 valence electrons. The molecule has 0 saturated heterocycles. The van der Waals surface area contributed by atoms with Gasteiger partial charge in [0.05, 0.1) is 17.1 Å². The molecule has 5 heteroatoms. The van der Waals surface area contributed by atoms with Crippen LogP contribution in [0.25, 0.3) is 16.9 Å². The minimum absolute atomic E-state index is 0.247. The van der Waals surface area contributed by atoms with Crippen LogP contribution < -0.4 is 5.73 Å². The van der Waals surface area contributed by atoms with E-state index in [2.05, 4.69) is 10.1 Å². The zero-order valence-corrected chi connectivity index (χ0v) is 12.4. The third-order valence-corrected chi connectivity index (χ3v) is 3.39. The Morgan fingerprint density at radius 2 is 1.95 bits per heavy atom. The molecule has 0 aliphatic rings. The molecule has 0 aliphatic carbocycles. The molecule has 0 radical (unpaired) electrons. The first kappa shape index (κ1) is 14.0. The summed E-state index contributed by atoms with van der Waals surface area (Å²) in [6.45, 7) is 3.94. The number of rotatable bonds is 3. The van der Waals surface area contributed by atoms with Gasteiger partial charge >= 0.3 is 0 Å². The van der Waals surface area contributed by atoms with Crippen molar-refractivity contribution in [3.63, 3.8) is 0 Å². The summed E-state index contributed by atoms with van der Waals surface area (Å²) in [6, 6.07) is 13.5. The number of hydrogen-bond acceptors (Lipinski definition) is 3. The average molecular weight is 292 g/mol. The minimum atomic E-state index is -0.551. The summed E-state index contributed by atoms with van der Waals surface area (Å²) in [5.74, 6) is -0.551. The van der Waals surface area contributed by atoms with Crippen LogP contribution in [0.3, 0.4) is 0 Å². The maximum Gasteiger partial charge on any atom is 0.268 e. The number of benzene rings is 1. The predicted octanol–water partition coefficient (Wildman–Crippen LogP) is 2.65. The maximum absolute atomic E-state index is 11.6. The molecule has 3 rings (SSSR count). The molecule has 3 aromatic rings. The van der Waals surface area contributed by atoms with Gasteiger partial charge in [0, 0.05) is 11.8 Å². The van der Waals surface area contributed by atoms with Crippen LogP contribution in [-0.2, 0) is 0 Å². The predicted molar refractivity (Wildman–Crippen MR) is 84.8 cm³/mol. The number of nitrogens with zero attached hydrogens (tertiary/aromatic N) is 3. The fourth-order valence-corrected chi connectivity index (χ4v) is 2.46. The molecule has 1 amide bonds. The van der Waals surface area contributed by atoms with Crippen molar-refractivity contribution in [2.24, 2.45) is 5.73 Å². The van der Waals surface area contributed by atoms with Crippen molar-refractivity contribution in [3.8, 4) is 16.9 Å². The first-order valence-electron chi connectivity index (χ1n) is 6.95. The lowest BCUT2D eigenvalue weighted by Gasteiger charge is -2.10. The first-order chi connectivity index (χ1) is 10.6. The number of primary amides is 1. The second-order valence-electron chi connectivity index (χ2n) is 5.19. The van der Waals surface area contributed by atoms with Crippen LogP contribution in [0.15, 0.2) is 48.7 Å². The summed E-state index contributed by atoms with van der Waals surface area (Å²) in [6.07, 6.45) is 1.56. The van der Waals surface area contributed by atoms with E-state index < -0.39 is 5.91 Å². The molecular weight excluding hydrogens is 276 g/mol. The summed E-state index contributed by atoms with van der Waals surface area (Å²) in [5.41, 5.74) is 10.1. The summed E-state index contributed by atoms with van der Waals surface area (Å²) in [7, 11) is 0. The molecule has 0 bridgehead atoms. The van der Waals surface area contributed by atoms with Crippen LogP contribution in [-0.4, -0.2) is 20.7 Å². The van der Waals surface area contributed by atoms with Crippen molar-refractivity contribution < 1.29 is 4.79 Å². The molecule has 0 unspecified atom stereocenters. The Labute approximate surface area is 128 Å². The molecule has 2 N–H and O–H groups in total. The van der Waals surface area contributed by atoms with E-state index in [4.69, 9.17) is 5.73 Å². The Morgan fingerprint density at radius 1 is 1.14 bits per heavy atom. The van der Waals surface area contributed by atoms with E-state index in [0.717, 1.165) is 22.6 Å². The van der Waals surface area contributed by atoms with Gasteiger partial charge in [-0.2, -0.15) is 5.10 Å². The van der Waals surface area contributed by atoms with E-state index in [1.54, 1.807) is 12.3 Å². The number of pyridine rings is 1. The summed E-state index contributed by atoms with van der Waals surface area (Å²) >= 11 is 0. The highest BCUT2D eigenvalue weighted by Gasteiger charge is 2.16. The second kappa shape index (κ2) is 5.44. The molecule has 2 aromatic heterocycles. The average Bonchev–Trinajstić information content (AvgIpc) is 2.89. The van der Waals surface area contributed by atoms with Gasteiger partial charge in [0.1, 0.15) is 5.69 Å². The van der Waals surface area contributed by atoms with Crippen molar-refractivity contribution in [2.45, 2.75) is 13.8 Å². The molecule has 5 nitrogen and oxygen atoms in total. The van der Waals surface area contributed by atoms with Crippen molar-refractivity contribution in [1.82, 2.24) is 14.8 Å². The normalized spacial score (nSPS) is 10.6. The van der Waals surface area contributed by atoms with Crippen molar-refractivity contribution in [1.29, 1.82) is 0 Å². The van der Waals surface area contributed by atoms with Crippen LogP contribution in [0.1, 0.15) is 21.7 Å². The lowest BCUT2D eigenvalue weighted by Crippen LogP contribution is -2.15. The molecule has 0 spiro atoms. The Balaban J connectivity index is 2.24. The minimum Gasteiger partial charge on any atom is -0.364 e. The number of hydrogen-bond donors (Lipinski definition) is 1. The highest BCUT2D eigenvalue weighted by Crippen LogP contribution is 2.26. The van der Waals surface area contributed by atoms with Crippen LogP contribution in [0, 0.1) is 13.8 Å². The number of nitrogens with two attached hydrogens (primary N) is 1. The van der Waals surface area contributed by atoms with Gasteiger partial charge in [-0.1, -0.05) is 12.1 Å². The van der Waals surface area contributed by atoms with E-state index in [0.29, 0.717) is 5.56 Å². The quantitative estimate of drug-likeness (QED) is 0.806. The highest BCUT2D eigenvalue weighted by atomic mass is 16.1. The second-order valence-corrected chi connectivity index (χ2v) is 5.19. The van der Waals surface area contributed by atoms with E-state index in [-0.39, 0.29) is 5.69 Å². The van der Waals surface area contributed by atoms with Crippen molar-refractivity contribution in [3.05, 3.63) is 65.6 Å². The zero-order valence-electron chi connectivity index (χ0n) is 12.4. The first-order valence-corrected chi connectivity index (χ1v) is 6.95. The lowest BCUT2D eigenvalue weighted by molar-refractivity contribution is 0.0996. The van der Waals surface area contributed by atoms with E-state index in [1.165, 1.54) is 0 Å². The Hall–Kier alpha value is -2.95. The maximum atomic E-state index is 11.6. The van der Waals surface area contributed by atoms with Crippen molar-refractivity contribution >= 4 is 5.91 Å². The SMILES string of the molecule is Cc1cccc(-n2nc(C)cc2-c2cccnc2C(N)=O)c1. The van der Waals surface area contributed by atoms with Crippen molar-refractivity contribution in [2.75, 3.05) is 0 Å². The van der Waals surface area contributed by atoms with Gasteiger partial charge in [-0.05, 0) is 49.7 Å². The van der Waals surface area contributed by atoms with Gasteiger partial charge in [0.25, 0.3) is 5.91 Å². The molecule has 0 fully saturated rings. The summed E-state index contributed by atoms with van der Waals surface area (Å²) in [5, 5.41) is 4.54.